The number of rotatable bonds is 2. The van der Waals surface area contributed by atoms with Crippen LogP contribution in [0.1, 0.15) is 23.6 Å². The molecule has 6 heteroatoms. The standard InChI is InChI=1S/C14H17N3OS2/c1-8-3-4-10(15)7-11(8)14-16-13(17-18-14)12-9(2)19-5-6-20-12/h3-4,7,9,12H,5-6,15H2,1-2H3. The Labute approximate surface area is 126 Å². The first kappa shape index (κ1) is 13.8. The molecule has 1 saturated heterocycles. The van der Waals surface area contributed by atoms with Gasteiger partial charge in [-0.05, 0) is 24.6 Å². The summed E-state index contributed by atoms with van der Waals surface area (Å²) in [6, 6.07) is 5.74. The minimum atomic E-state index is 0.313. The minimum Gasteiger partial charge on any atom is -0.399 e. The number of hydrogen-bond donors (Lipinski definition) is 1. The molecule has 106 valence electrons. The minimum absolute atomic E-state index is 0.313. The van der Waals surface area contributed by atoms with E-state index in [0.717, 1.165) is 22.7 Å². The first-order valence-corrected chi connectivity index (χ1v) is 8.68. The lowest BCUT2D eigenvalue weighted by molar-refractivity contribution is 0.421. The van der Waals surface area contributed by atoms with E-state index in [4.69, 9.17) is 10.3 Å². The Morgan fingerprint density at radius 3 is 2.90 bits per heavy atom. The Bertz CT molecular complexity index is 614. The van der Waals surface area contributed by atoms with Crippen LogP contribution in [0, 0.1) is 6.92 Å². The predicted molar refractivity (Wildman–Crippen MR) is 86.0 cm³/mol. The zero-order valence-corrected chi connectivity index (χ0v) is 13.1. The molecule has 2 unspecified atom stereocenters. The van der Waals surface area contributed by atoms with Gasteiger partial charge in [0.2, 0.25) is 0 Å². The fourth-order valence-electron chi connectivity index (χ4n) is 2.25. The lowest BCUT2D eigenvalue weighted by Gasteiger charge is -2.24. The molecule has 1 aliphatic rings. The van der Waals surface area contributed by atoms with Gasteiger partial charge in [0.1, 0.15) is 0 Å². The van der Waals surface area contributed by atoms with Crippen molar-refractivity contribution >= 4 is 29.2 Å². The van der Waals surface area contributed by atoms with Crippen molar-refractivity contribution in [2.24, 2.45) is 0 Å². The van der Waals surface area contributed by atoms with Crippen molar-refractivity contribution in [3.63, 3.8) is 0 Å². The summed E-state index contributed by atoms with van der Waals surface area (Å²) in [7, 11) is 0. The normalized spacial score (nSPS) is 22.9. The van der Waals surface area contributed by atoms with Crippen molar-refractivity contribution in [3.8, 4) is 11.5 Å². The van der Waals surface area contributed by atoms with Crippen molar-refractivity contribution in [2.75, 3.05) is 17.2 Å². The SMILES string of the molecule is Cc1ccc(N)cc1-c1nc(C2SCCSC2C)no1. The van der Waals surface area contributed by atoms with E-state index in [-0.39, 0.29) is 0 Å². The van der Waals surface area contributed by atoms with Crippen LogP contribution in [0.4, 0.5) is 5.69 Å². The molecule has 4 nitrogen and oxygen atoms in total. The van der Waals surface area contributed by atoms with Crippen molar-refractivity contribution in [1.82, 2.24) is 10.1 Å². The second-order valence-electron chi connectivity index (χ2n) is 4.90. The Morgan fingerprint density at radius 1 is 1.30 bits per heavy atom. The topological polar surface area (TPSA) is 64.9 Å². The van der Waals surface area contributed by atoms with E-state index in [0.29, 0.717) is 22.1 Å². The summed E-state index contributed by atoms with van der Waals surface area (Å²) in [5.41, 5.74) is 8.56. The van der Waals surface area contributed by atoms with Crippen molar-refractivity contribution in [2.45, 2.75) is 24.3 Å². The van der Waals surface area contributed by atoms with Gasteiger partial charge in [0.05, 0.1) is 5.25 Å². The summed E-state index contributed by atoms with van der Waals surface area (Å²) >= 11 is 3.88. The molecule has 20 heavy (non-hydrogen) atoms. The summed E-state index contributed by atoms with van der Waals surface area (Å²) in [5.74, 6) is 3.70. The van der Waals surface area contributed by atoms with Gasteiger partial charge in [-0.1, -0.05) is 18.1 Å². The van der Waals surface area contributed by atoms with Crippen molar-refractivity contribution in [1.29, 1.82) is 0 Å². The lowest BCUT2D eigenvalue weighted by atomic mass is 10.1. The second-order valence-corrected chi connectivity index (χ2v) is 7.63. The van der Waals surface area contributed by atoms with Crippen LogP contribution < -0.4 is 5.73 Å². The average Bonchev–Trinajstić information content (AvgIpc) is 2.91. The summed E-state index contributed by atoms with van der Waals surface area (Å²) in [5, 5.41) is 5.00. The molecule has 2 aromatic rings. The highest BCUT2D eigenvalue weighted by atomic mass is 32.2. The van der Waals surface area contributed by atoms with Gasteiger partial charge in [-0.25, -0.2) is 0 Å². The molecular formula is C14H17N3OS2. The molecule has 0 amide bonds. The van der Waals surface area contributed by atoms with E-state index in [1.165, 1.54) is 5.75 Å². The average molecular weight is 307 g/mol. The van der Waals surface area contributed by atoms with Crippen LogP contribution in [0.3, 0.4) is 0 Å². The third-order valence-electron chi connectivity index (χ3n) is 3.38. The molecule has 0 bridgehead atoms. The molecule has 0 radical (unpaired) electrons. The van der Waals surface area contributed by atoms with Gasteiger partial charge >= 0.3 is 0 Å². The molecule has 1 aromatic heterocycles. The molecule has 2 heterocycles. The maximum Gasteiger partial charge on any atom is 0.258 e. The number of benzene rings is 1. The molecule has 2 atom stereocenters. The van der Waals surface area contributed by atoms with Crippen LogP contribution in [0.5, 0.6) is 0 Å². The van der Waals surface area contributed by atoms with Gasteiger partial charge in [-0.2, -0.15) is 16.7 Å². The zero-order valence-electron chi connectivity index (χ0n) is 11.5. The molecule has 1 aliphatic heterocycles. The van der Waals surface area contributed by atoms with E-state index in [1.807, 2.05) is 48.6 Å². The third-order valence-corrected chi connectivity index (χ3v) is 6.46. The summed E-state index contributed by atoms with van der Waals surface area (Å²) in [6.45, 7) is 4.25. The number of nitrogens with two attached hydrogens (primary N) is 1. The summed E-state index contributed by atoms with van der Waals surface area (Å²) < 4.78 is 5.45. The molecular weight excluding hydrogens is 290 g/mol. The first-order chi connectivity index (χ1) is 9.65. The number of hydrogen-bond acceptors (Lipinski definition) is 6. The smallest absolute Gasteiger partial charge is 0.258 e. The number of aromatic nitrogens is 2. The van der Waals surface area contributed by atoms with E-state index in [9.17, 15) is 0 Å². The quantitative estimate of drug-likeness (QED) is 0.856. The fourth-order valence-corrected chi connectivity index (χ4v) is 4.93. The number of thioether (sulfide) groups is 2. The van der Waals surface area contributed by atoms with Crippen LogP contribution in [0.15, 0.2) is 22.7 Å². The maximum atomic E-state index is 5.84. The molecule has 0 spiro atoms. The Balaban J connectivity index is 1.91. The molecule has 3 rings (SSSR count). The van der Waals surface area contributed by atoms with E-state index >= 15 is 0 Å². The fraction of sp³-hybridized carbons (Fsp3) is 0.429. The van der Waals surface area contributed by atoms with Gasteiger partial charge < -0.3 is 10.3 Å². The molecule has 0 aliphatic carbocycles. The number of aryl methyl sites for hydroxylation is 1. The van der Waals surface area contributed by atoms with Crippen LogP contribution in [0.2, 0.25) is 0 Å². The van der Waals surface area contributed by atoms with Gasteiger partial charge in [0.15, 0.2) is 5.82 Å². The molecule has 1 fully saturated rings. The van der Waals surface area contributed by atoms with Gasteiger partial charge in [-0.15, -0.1) is 11.8 Å². The van der Waals surface area contributed by atoms with E-state index in [2.05, 4.69) is 17.1 Å². The Kier molecular flexibility index (Phi) is 3.94. The highest BCUT2D eigenvalue weighted by Gasteiger charge is 2.28. The third kappa shape index (κ3) is 2.67. The summed E-state index contributed by atoms with van der Waals surface area (Å²) in [4.78, 5) is 4.59. The second kappa shape index (κ2) is 5.69. The zero-order chi connectivity index (χ0) is 14.1. The number of anilines is 1. The monoisotopic (exact) mass is 307 g/mol. The highest BCUT2D eigenvalue weighted by molar-refractivity contribution is 8.06. The Morgan fingerprint density at radius 2 is 2.10 bits per heavy atom. The number of nitrogens with zero attached hydrogens (tertiary/aromatic N) is 2. The first-order valence-electron chi connectivity index (χ1n) is 6.58. The van der Waals surface area contributed by atoms with E-state index < -0.39 is 0 Å². The van der Waals surface area contributed by atoms with Crippen LogP contribution >= 0.6 is 23.5 Å². The largest absolute Gasteiger partial charge is 0.399 e. The maximum absolute atomic E-state index is 5.84. The lowest BCUT2D eigenvalue weighted by Crippen LogP contribution is -2.16. The van der Waals surface area contributed by atoms with Gasteiger partial charge in [0.25, 0.3) is 5.89 Å². The molecule has 1 aromatic carbocycles. The van der Waals surface area contributed by atoms with Crippen LogP contribution in [-0.2, 0) is 0 Å². The van der Waals surface area contributed by atoms with Gasteiger partial charge in [0, 0.05) is 28.0 Å². The van der Waals surface area contributed by atoms with Crippen molar-refractivity contribution < 1.29 is 4.52 Å². The van der Waals surface area contributed by atoms with E-state index in [1.54, 1.807) is 0 Å². The molecule has 0 saturated carbocycles. The van der Waals surface area contributed by atoms with Crippen LogP contribution in [0.25, 0.3) is 11.5 Å². The Hall–Kier alpha value is -1.14. The van der Waals surface area contributed by atoms with Crippen LogP contribution in [-0.4, -0.2) is 26.9 Å². The summed E-state index contributed by atoms with van der Waals surface area (Å²) in [6.07, 6.45) is 0. The number of nitrogen functional groups attached to an aromatic ring is 1. The molecule has 2 N–H and O–H groups in total. The van der Waals surface area contributed by atoms with Crippen molar-refractivity contribution in [3.05, 3.63) is 29.6 Å². The highest BCUT2D eigenvalue weighted by Crippen LogP contribution is 2.41. The van der Waals surface area contributed by atoms with Gasteiger partial charge in [-0.3, -0.25) is 0 Å². The predicted octanol–water partition coefficient (Wildman–Crippen LogP) is 3.54.